The zero-order valence-electron chi connectivity index (χ0n) is 13.2. The Morgan fingerprint density at radius 1 is 1.17 bits per heavy atom. The van der Waals surface area contributed by atoms with E-state index in [2.05, 4.69) is 14.7 Å². The van der Waals surface area contributed by atoms with E-state index in [-0.39, 0.29) is 5.88 Å². The summed E-state index contributed by atoms with van der Waals surface area (Å²) in [6.45, 7) is 0. The van der Waals surface area contributed by atoms with Crippen molar-refractivity contribution in [3.63, 3.8) is 0 Å². The molecule has 0 amide bonds. The van der Waals surface area contributed by atoms with Crippen LogP contribution in [0.15, 0.2) is 47.5 Å². The third-order valence-corrected chi connectivity index (χ3v) is 3.66. The molecule has 3 rings (SSSR count). The number of ether oxygens (including phenoxy) is 2. The van der Waals surface area contributed by atoms with Gasteiger partial charge >= 0.3 is 5.97 Å². The first-order chi connectivity index (χ1) is 11.6. The monoisotopic (exact) mass is 324 g/mol. The van der Waals surface area contributed by atoms with Crippen molar-refractivity contribution in [2.24, 2.45) is 4.99 Å². The lowest BCUT2D eigenvalue weighted by Gasteiger charge is -2.00. The van der Waals surface area contributed by atoms with Crippen molar-refractivity contribution < 1.29 is 19.4 Å². The van der Waals surface area contributed by atoms with Crippen molar-refractivity contribution in [2.75, 3.05) is 14.2 Å². The van der Waals surface area contributed by atoms with Crippen molar-refractivity contribution >= 4 is 28.8 Å². The molecular weight excluding hydrogens is 308 g/mol. The van der Waals surface area contributed by atoms with Gasteiger partial charge in [-0.3, -0.25) is 4.99 Å². The minimum atomic E-state index is -0.396. The van der Waals surface area contributed by atoms with E-state index in [0.717, 1.165) is 10.9 Å². The molecule has 2 N–H and O–H groups in total. The van der Waals surface area contributed by atoms with Gasteiger partial charge < -0.3 is 19.6 Å². The van der Waals surface area contributed by atoms with Gasteiger partial charge in [-0.2, -0.15) is 0 Å². The number of methoxy groups -OCH3 is 2. The Labute approximate surface area is 138 Å². The summed E-state index contributed by atoms with van der Waals surface area (Å²) in [6.07, 6.45) is 1.57. The number of esters is 1. The molecule has 0 aliphatic carbocycles. The summed E-state index contributed by atoms with van der Waals surface area (Å²) in [5.41, 5.74) is 2.46. The van der Waals surface area contributed by atoms with Crippen molar-refractivity contribution in [2.45, 2.75) is 0 Å². The van der Waals surface area contributed by atoms with Crippen LogP contribution in [0.3, 0.4) is 0 Å². The second-order valence-electron chi connectivity index (χ2n) is 5.10. The van der Waals surface area contributed by atoms with Gasteiger partial charge in [-0.25, -0.2) is 4.79 Å². The maximum Gasteiger partial charge on any atom is 0.337 e. The van der Waals surface area contributed by atoms with Crippen LogP contribution in [0.5, 0.6) is 11.6 Å². The Bertz CT molecular complexity index is 911. The highest BCUT2D eigenvalue weighted by atomic mass is 16.5. The van der Waals surface area contributed by atoms with Crippen LogP contribution in [0.4, 0.5) is 5.69 Å². The number of aromatic amines is 1. The number of carbonyl (C=O) groups is 1. The van der Waals surface area contributed by atoms with Crippen LogP contribution in [0.2, 0.25) is 0 Å². The smallest absolute Gasteiger partial charge is 0.337 e. The number of aromatic nitrogens is 1. The van der Waals surface area contributed by atoms with Gasteiger partial charge in [-0.15, -0.1) is 0 Å². The van der Waals surface area contributed by atoms with Crippen molar-refractivity contribution in [1.29, 1.82) is 0 Å². The third-order valence-electron chi connectivity index (χ3n) is 3.66. The number of hydrogen-bond donors (Lipinski definition) is 2. The first kappa shape index (κ1) is 15.6. The molecule has 6 nitrogen and oxygen atoms in total. The molecule has 0 atom stereocenters. The van der Waals surface area contributed by atoms with E-state index in [4.69, 9.17) is 4.74 Å². The molecule has 0 fully saturated rings. The summed E-state index contributed by atoms with van der Waals surface area (Å²) >= 11 is 0. The van der Waals surface area contributed by atoms with Crippen LogP contribution < -0.4 is 4.74 Å². The maximum absolute atomic E-state index is 11.4. The van der Waals surface area contributed by atoms with Gasteiger partial charge in [0.15, 0.2) is 5.88 Å². The van der Waals surface area contributed by atoms with Crippen LogP contribution in [0, 0.1) is 0 Å². The molecule has 1 aromatic heterocycles. The lowest BCUT2D eigenvalue weighted by molar-refractivity contribution is 0.0601. The van der Waals surface area contributed by atoms with Crippen molar-refractivity contribution in [1.82, 2.24) is 4.98 Å². The average Bonchev–Trinajstić information content (AvgIpc) is 2.94. The number of aromatic hydroxyl groups is 1. The Morgan fingerprint density at radius 2 is 1.92 bits per heavy atom. The largest absolute Gasteiger partial charge is 0.497 e. The summed E-state index contributed by atoms with van der Waals surface area (Å²) in [6, 6.07) is 12.1. The Balaban J connectivity index is 1.92. The molecule has 0 saturated carbocycles. The highest BCUT2D eigenvalue weighted by molar-refractivity contribution is 6.03. The number of nitrogens with zero attached hydrogens (tertiary/aromatic N) is 1. The van der Waals surface area contributed by atoms with Crippen LogP contribution in [-0.2, 0) is 4.74 Å². The fraction of sp³-hybridized carbons (Fsp3) is 0.111. The summed E-state index contributed by atoms with van der Waals surface area (Å²) < 4.78 is 9.87. The topological polar surface area (TPSA) is 83.9 Å². The highest BCUT2D eigenvalue weighted by Crippen LogP contribution is 2.29. The van der Waals surface area contributed by atoms with E-state index in [1.165, 1.54) is 7.11 Å². The summed E-state index contributed by atoms with van der Waals surface area (Å²) in [5, 5.41) is 10.9. The van der Waals surface area contributed by atoms with Crippen LogP contribution in [0.1, 0.15) is 15.9 Å². The molecule has 1 heterocycles. The number of rotatable bonds is 4. The molecule has 0 aliphatic rings. The van der Waals surface area contributed by atoms with Gasteiger partial charge in [0.25, 0.3) is 0 Å². The predicted molar refractivity (Wildman–Crippen MR) is 91.6 cm³/mol. The minimum absolute atomic E-state index is 0.0354. The van der Waals surface area contributed by atoms with Crippen molar-refractivity contribution in [3.05, 3.63) is 53.6 Å². The zero-order chi connectivity index (χ0) is 17.1. The Kier molecular flexibility index (Phi) is 4.20. The number of H-pyrrole nitrogens is 1. The maximum atomic E-state index is 11.4. The molecule has 2 aromatic carbocycles. The molecule has 0 radical (unpaired) electrons. The average molecular weight is 324 g/mol. The van der Waals surface area contributed by atoms with Gasteiger partial charge in [0.1, 0.15) is 5.75 Å². The first-order valence-corrected chi connectivity index (χ1v) is 7.23. The standard InChI is InChI=1S/C18H16N2O4/c1-23-13-7-8-16-14(9-13)15(17(21)20-16)10-19-12-5-3-11(4-6-12)18(22)24-2/h3-10,20-21H,1-2H3. The second-order valence-corrected chi connectivity index (χ2v) is 5.10. The Morgan fingerprint density at radius 3 is 2.58 bits per heavy atom. The fourth-order valence-electron chi connectivity index (χ4n) is 2.38. The second kappa shape index (κ2) is 6.45. The number of nitrogens with one attached hydrogen (secondary N) is 1. The van der Waals surface area contributed by atoms with Gasteiger partial charge in [0.2, 0.25) is 0 Å². The lowest BCUT2D eigenvalue weighted by Crippen LogP contribution is -1.99. The summed E-state index contributed by atoms with van der Waals surface area (Å²) in [4.78, 5) is 18.6. The number of hydrogen-bond acceptors (Lipinski definition) is 5. The molecule has 3 aromatic rings. The molecule has 0 aliphatic heterocycles. The number of aliphatic imine (C=N–C) groups is 1. The van der Waals surface area contributed by atoms with Gasteiger partial charge in [-0.1, -0.05) is 0 Å². The molecule has 0 spiro atoms. The molecule has 6 heteroatoms. The summed E-state index contributed by atoms with van der Waals surface area (Å²) in [7, 11) is 2.92. The van der Waals surface area contributed by atoms with Crippen LogP contribution in [-0.4, -0.2) is 36.5 Å². The van der Waals surface area contributed by atoms with E-state index < -0.39 is 5.97 Å². The number of benzene rings is 2. The van der Waals surface area contributed by atoms with Gasteiger partial charge in [0.05, 0.1) is 31.0 Å². The fourth-order valence-corrected chi connectivity index (χ4v) is 2.38. The van der Waals surface area contributed by atoms with Gasteiger partial charge in [-0.05, 0) is 42.5 Å². The number of fused-ring (bicyclic) bond motifs is 1. The molecule has 0 saturated heterocycles. The molecule has 24 heavy (non-hydrogen) atoms. The quantitative estimate of drug-likeness (QED) is 0.569. The molecular formula is C18H16N2O4. The SMILES string of the molecule is COC(=O)c1ccc(N=Cc2c(O)[nH]c3ccc(OC)cc23)cc1. The van der Waals surface area contributed by atoms with E-state index in [1.807, 2.05) is 18.2 Å². The molecule has 0 bridgehead atoms. The molecule has 0 unspecified atom stereocenters. The zero-order valence-corrected chi connectivity index (χ0v) is 13.2. The third kappa shape index (κ3) is 2.94. The van der Waals surface area contributed by atoms with E-state index in [9.17, 15) is 9.90 Å². The predicted octanol–water partition coefficient (Wildman–Crippen LogP) is 3.42. The molecule has 122 valence electrons. The van der Waals surface area contributed by atoms with E-state index in [0.29, 0.717) is 22.6 Å². The highest BCUT2D eigenvalue weighted by Gasteiger charge is 2.10. The Hall–Kier alpha value is -3.28. The number of carbonyl (C=O) groups excluding carboxylic acids is 1. The minimum Gasteiger partial charge on any atom is -0.497 e. The van der Waals surface area contributed by atoms with E-state index >= 15 is 0 Å². The van der Waals surface area contributed by atoms with Crippen LogP contribution in [0.25, 0.3) is 10.9 Å². The first-order valence-electron chi connectivity index (χ1n) is 7.23. The van der Waals surface area contributed by atoms with E-state index in [1.54, 1.807) is 37.6 Å². The van der Waals surface area contributed by atoms with Crippen LogP contribution >= 0.6 is 0 Å². The van der Waals surface area contributed by atoms with Crippen molar-refractivity contribution in [3.8, 4) is 11.6 Å². The normalized spacial score (nSPS) is 11.1. The van der Waals surface area contributed by atoms with Gasteiger partial charge in [0, 0.05) is 17.1 Å². The lowest BCUT2D eigenvalue weighted by atomic mass is 10.1. The summed E-state index contributed by atoms with van der Waals surface area (Å²) in [5.74, 6) is 0.332.